The molecular formula is C26H44O2. The molecule has 1 aromatic rings. The van der Waals surface area contributed by atoms with Crippen LogP contribution in [0.5, 0.6) is 0 Å². The van der Waals surface area contributed by atoms with Crippen LogP contribution in [-0.2, 0) is 11.2 Å². The molecule has 0 heterocycles. The number of aryl methyl sites for hydroxylation is 1. The van der Waals surface area contributed by atoms with Crippen LogP contribution in [0.1, 0.15) is 126 Å². The number of hydrogen-bond acceptors (Lipinski definition) is 2. The normalized spacial score (nSPS) is 10.9. The lowest BCUT2D eigenvalue weighted by Crippen LogP contribution is -2.06. The molecule has 0 aliphatic carbocycles. The zero-order valence-electron chi connectivity index (χ0n) is 18.6. The van der Waals surface area contributed by atoms with Crippen molar-refractivity contribution in [3.05, 3.63) is 35.4 Å². The molecule has 2 nitrogen and oxygen atoms in total. The van der Waals surface area contributed by atoms with Crippen LogP contribution >= 0.6 is 0 Å². The van der Waals surface area contributed by atoms with Crippen molar-refractivity contribution in [2.45, 2.75) is 117 Å². The Balaban J connectivity index is 1.83. The average molecular weight is 389 g/mol. The summed E-state index contributed by atoms with van der Waals surface area (Å²) in [5.41, 5.74) is 1.91. The molecule has 0 aromatic heterocycles. The topological polar surface area (TPSA) is 26.3 Å². The van der Waals surface area contributed by atoms with Gasteiger partial charge < -0.3 is 4.74 Å². The van der Waals surface area contributed by atoms with Crippen LogP contribution in [0.2, 0.25) is 0 Å². The van der Waals surface area contributed by atoms with Gasteiger partial charge in [-0.25, -0.2) is 4.79 Å². The molecule has 0 bridgehead atoms. The van der Waals surface area contributed by atoms with E-state index in [4.69, 9.17) is 4.74 Å². The van der Waals surface area contributed by atoms with Crippen molar-refractivity contribution in [3.63, 3.8) is 0 Å². The van der Waals surface area contributed by atoms with E-state index in [9.17, 15) is 4.79 Å². The van der Waals surface area contributed by atoms with E-state index in [-0.39, 0.29) is 5.97 Å². The highest BCUT2D eigenvalue weighted by Crippen LogP contribution is 2.13. The molecule has 0 amide bonds. The maximum Gasteiger partial charge on any atom is 0.338 e. The number of rotatable bonds is 18. The van der Waals surface area contributed by atoms with Crippen molar-refractivity contribution in [2.75, 3.05) is 6.61 Å². The molecule has 0 radical (unpaired) electrons. The van der Waals surface area contributed by atoms with E-state index >= 15 is 0 Å². The van der Waals surface area contributed by atoms with Gasteiger partial charge in [0.05, 0.1) is 12.2 Å². The maximum atomic E-state index is 12.0. The second kappa shape index (κ2) is 17.8. The number of unbranched alkanes of at least 4 members (excludes halogenated alkanes) is 14. The summed E-state index contributed by atoms with van der Waals surface area (Å²) in [6.45, 7) is 4.94. The fraction of sp³-hybridized carbons (Fsp3) is 0.731. The van der Waals surface area contributed by atoms with E-state index in [1.54, 1.807) is 0 Å². The number of hydrogen-bond donors (Lipinski definition) is 0. The Hall–Kier alpha value is -1.31. The third-order valence-corrected chi connectivity index (χ3v) is 5.58. The summed E-state index contributed by atoms with van der Waals surface area (Å²) in [7, 11) is 0. The third kappa shape index (κ3) is 13.0. The first kappa shape index (κ1) is 24.7. The molecule has 0 N–H and O–H groups in total. The SMILES string of the molecule is CCCCCCCCCCCCCCCCCOC(=O)c1ccc(CC)cc1. The molecule has 1 aromatic carbocycles. The first-order chi connectivity index (χ1) is 13.8. The Labute approximate surface area is 174 Å². The maximum absolute atomic E-state index is 12.0. The molecule has 28 heavy (non-hydrogen) atoms. The number of ether oxygens (including phenoxy) is 1. The molecular weight excluding hydrogens is 344 g/mol. The van der Waals surface area contributed by atoms with Gasteiger partial charge in [-0.05, 0) is 30.5 Å². The molecule has 0 saturated carbocycles. The lowest BCUT2D eigenvalue weighted by atomic mass is 10.0. The van der Waals surface area contributed by atoms with Crippen LogP contribution in [-0.4, -0.2) is 12.6 Å². The Kier molecular flexibility index (Phi) is 15.7. The highest BCUT2D eigenvalue weighted by atomic mass is 16.5. The van der Waals surface area contributed by atoms with Crippen LogP contribution in [0.25, 0.3) is 0 Å². The summed E-state index contributed by atoms with van der Waals surface area (Å²) in [5.74, 6) is -0.187. The summed E-state index contributed by atoms with van der Waals surface area (Å²) >= 11 is 0. The van der Waals surface area contributed by atoms with E-state index in [0.29, 0.717) is 12.2 Å². The van der Waals surface area contributed by atoms with Crippen LogP contribution in [0, 0.1) is 0 Å². The first-order valence-corrected chi connectivity index (χ1v) is 12.0. The van der Waals surface area contributed by atoms with Crippen LogP contribution in [0.3, 0.4) is 0 Å². The van der Waals surface area contributed by atoms with E-state index in [0.717, 1.165) is 12.8 Å². The Morgan fingerprint density at radius 3 is 1.50 bits per heavy atom. The molecule has 2 heteroatoms. The second-order valence-corrected chi connectivity index (χ2v) is 8.14. The lowest BCUT2D eigenvalue weighted by molar-refractivity contribution is 0.0497. The number of carbonyl (C=O) groups excluding carboxylic acids is 1. The Bertz CT molecular complexity index is 478. The minimum atomic E-state index is -0.187. The first-order valence-electron chi connectivity index (χ1n) is 12.0. The highest BCUT2D eigenvalue weighted by molar-refractivity contribution is 5.89. The van der Waals surface area contributed by atoms with Crippen molar-refractivity contribution in [1.29, 1.82) is 0 Å². The van der Waals surface area contributed by atoms with E-state index in [1.165, 1.54) is 95.5 Å². The van der Waals surface area contributed by atoms with Gasteiger partial charge in [0.25, 0.3) is 0 Å². The van der Waals surface area contributed by atoms with Crippen LogP contribution < -0.4 is 0 Å². The Morgan fingerprint density at radius 2 is 1.07 bits per heavy atom. The van der Waals surface area contributed by atoms with Crippen molar-refractivity contribution in [1.82, 2.24) is 0 Å². The molecule has 0 unspecified atom stereocenters. The van der Waals surface area contributed by atoms with Crippen LogP contribution in [0.15, 0.2) is 24.3 Å². The predicted octanol–water partition coefficient (Wildman–Crippen LogP) is 8.28. The van der Waals surface area contributed by atoms with Gasteiger partial charge in [0, 0.05) is 0 Å². The number of esters is 1. The summed E-state index contributed by atoms with van der Waals surface area (Å²) < 4.78 is 5.38. The molecule has 0 saturated heterocycles. The van der Waals surface area contributed by atoms with Gasteiger partial charge in [0.15, 0.2) is 0 Å². The van der Waals surface area contributed by atoms with Crippen LogP contribution in [0.4, 0.5) is 0 Å². The molecule has 1 rings (SSSR count). The molecule has 0 aliphatic rings. The largest absolute Gasteiger partial charge is 0.462 e. The molecule has 160 valence electrons. The number of benzene rings is 1. The quantitative estimate of drug-likeness (QED) is 0.187. The lowest BCUT2D eigenvalue weighted by Gasteiger charge is -2.06. The standard InChI is InChI=1S/C26H44O2/c1-3-5-6-7-8-9-10-11-12-13-14-15-16-17-18-23-28-26(27)25-21-19-24(4-2)20-22-25/h19-22H,3-18,23H2,1-2H3. The summed E-state index contributed by atoms with van der Waals surface area (Å²) in [6, 6.07) is 7.75. The predicted molar refractivity (Wildman–Crippen MR) is 121 cm³/mol. The minimum absolute atomic E-state index is 0.187. The van der Waals surface area contributed by atoms with Gasteiger partial charge in [-0.1, -0.05) is 116 Å². The van der Waals surface area contributed by atoms with Crippen molar-refractivity contribution < 1.29 is 9.53 Å². The van der Waals surface area contributed by atoms with Crippen molar-refractivity contribution >= 4 is 5.97 Å². The summed E-state index contributed by atoms with van der Waals surface area (Å²) in [4.78, 5) is 12.0. The molecule has 0 spiro atoms. The van der Waals surface area contributed by atoms with E-state index in [1.807, 2.05) is 24.3 Å². The van der Waals surface area contributed by atoms with Gasteiger partial charge >= 0.3 is 5.97 Å². The monoisotopic (exact) mass is 388 g/mol. The highest BCUT2D eigenvalue weighted by Gasteiger charge is 2.06. The molecule has 0 aliphatic heterocycles. The minimum Gasteiger partial charge on any atom is -0.462 e. The van der Waals surface area contributed by atoms with Gasteiger partial charge in [-0.3, -0.25) is 0 Å². The molecule has 0 atom stereocenters. The summed E-state index contributed by atoms with van der Waals surface area (Å²) in [5, 5.41) is 0. The Morgan fingerprint density at radius 1 is 0.643 bits per heavy atom. The zero-order valence-corrected chi connectivity index (χ0v) is 18.6. The van der Waals surface area contributed by atoms with Gasteiger partial charge in [0.2, 0.25) is 0 Å². The van der Waals surface area contributed by atoms with Gasteiger partial charge in [0.1, 0.15) is 0 Å². The van der Waals surface area contributed by atoms with Crippen molar-refractivity contribution in [2.24, 2.45) is 0 Å². The van der Waals surface area contributed by atoms with Crippen molar-refractivity contribution in [3.8, 4) is 0 Å². The fourth-order valence-corrected chi connectivity index (χ4v) is 3.60. The molecule has 0 fully saturated rings. The zero-order chi connectivity index (χ0) is 20.3. The second-order valence-electron chi connectivity index (χ2n) is 8.14. The fourth-order valence-electron chi connectivity index (χ4n) is 3.60. The van der Waals surface area contributed by atoms with E-state index < -0.39 is 0 Å². The summed E-state index contributed by atoms with van der Waals surface area (Å²) in [6.07, 6.45) is 21.2. The average Bonchev–Trinajstić information content (AvgIpc) is 2.73. The van der Waals surface area contributed by atoms with E-state index in [2.05, 4.69) is 13.8 Å². The van der Waals surface area contributed by atoms with Gasteiger partial charge in [-0.2, -0.15) is 0 Å². The number of carbonyl (C=O) groups is 1. The van der Waals surface area contributed by atoms with Gasteiger partial charge in [-0.15, -0.1) is 0 Å². The smallest absolute Gasteiger partial charge is 0.338 e. The third-order valence-electron chi connectivity index (χ3n) is 5.58.